The van der Waals surface area contributed by atoms with Gasteiger partial charge < -0.3 is 18.9 Å². The van der Waals surface area contributed by atoms with E-state index in [1.54, 1.807) is 34.5 Å². The number of pyridine rings is 2. The van der Waals surface area contributed by atoms with Gasteiger partial charge in [-0.3, -0.25) is 9.78 Å². The standard InChI is InChI=1S/C23H30BF3N4O5S/c1-9-37(34,35)15-10-13(24(6)36-22(4,5)21(2,3)33)12-28-17(15)19-29-14-11-16(23(25,26)27)30(7)20(32)18(14)31(19)8/h10-12,33H,9H2,1-8H3. The highest BCUT2D eigenvalue weighted by atomic mass is 32.2. The Morgan fingerprint density at radius 2 is 1.70 bits per heavy atom. The lowest BCUT2D eigenvalue weighted by atomic mass is 9.63. The van der Waals surface area contributed by atoms with E-state index in [1.165, 1.54) is 30.8 Å². The van der Waals surface area contributed by atoms with Crippen LogP contribution in [-0.4, -0.2) is 56.5 Å². The highest BCUT2D eigenvalue weighted by Gasteiger charge is 2.39. The highest BCUT2D eigenvalue weighted by molar-refractivity contribution is 7.91. The van der Waals surface area contributed by atoms with E-state index in [0.717, 1.165) is 13.1 Å². The van der Waals surface area contributed by atoms with Crippen LogP contribution in [0.4, 0.5) is 13.2 Å². The lowest BCUT2D eigenvalue weighted by Gasteiger charge is -2.39. The fourth-order valence-corrected chi connectivity index (χ4v) is 4.81. The van der Waals surface area contributed by atoms with Crippen LogP contribution in [0.2, 0.25) is 6.82 Å². The molecule has 1 N–H and O–H groups in total. The van der Waals surface area contributed by atoms with Gasteiger partial charge in [0.05, 0.1) is 27.4 Å². The second-order valence-corrected chi connectivity index (χ2v) is 12.2. The zero-order valence-corrected chi connectivity index (χ0v) is 22.7. The zero-order chi connectivity index (χ0) is 28.3. The summed E-state index contributed by atoms with van der Waals surface area (Å²) in [4.78, 5) is 21.1. The molecule has 0 aromatic carbocycles. The maximum atomic E-state index is 13.5. The Morgan fingerprint density at radius 1 is 1.11 bits per heavy atom. The fourth-order valence-electron chi connectivity index (χ4n) is 3.75. The van der Waals surface area contributed by atoms with Gasteiger partial charge in [-0.2, -0.15) is 13.2 Å². The molecular formula is C23H30BF3N4O5S. The summed E-state index contributed by atoms with van der Waals surface area (Å²) in [6, 6.07) is 2.13. The van der Waals surface area contributed by atoms with Crippen molar-refractivity contribution in [1.82, 2.24) is 19.1 Å². The molecule has 0 unspecified atom stereocenters. The molecule has 0 saturated heterocycles. The van der Waals surface area contributed by atoms with Crippen molar-refractivity contribution < 1.29 is 31.3 Å². The van der Waals surface area contributed by atoms with Gasteiger partial charge in [0.25, 0.3) is 5.56 Å². The van der Waals surface area contributed by atoms with Crippen LogP contribution in [0.3, 0.4) is 0 Å². The van der Waals surface area contributed by atoms with Crippen LogP contribution >= 0.6 is 0 Å². The molecule has 3 rings (SSSR count). The van der Waals surface area contributed by atoms with E-state index in [-0.39, 0.29) is 33.2 Å². The van der Waals surface area contributed by atoms with Gasteiger partial charge in [-0.25, -0.2) is 13.4 Å². The molecular weight excluding hydrogens is 512 g/mol. The second-order valence-electron chi connectivity index (χ2n) is 9.97. The number of imidazole rings is 1. The number of aliphatic hydroxyl groups is 1. The second kappa shape index (κ2) is 9.24. The van der Waals surface area contributed by atoms with E-state index in [2.05, 4.69) is 9.97 Å². The molecule has 0 aliphatic rings. The third kappa shape index (κ3) is 5.19. The van der Waals surface area contributed by atoms with Crippen LogP contribution < -0.4 is 11.0 Å². The van der Waals surface area contributed by atoms with E-state index in [0.29, 0.717) is 10.0 Å². The first kappa shape index (κ1) is 28.9. The molecule has 0 bridgehead atoms. The molecule has 0 radical (unpaired) electrons. The average molecular weight is 542 g/mol. The summed E-state index contributed by atoms with van der Waals surface area (Å²) in [6.07, 6.45) is -3.41. The quantitative estimate of drug-likeness (QED) is 0.457. The summed E-state index contributed by atoms with van der Waals surface area (Å²) in [5, 5.41) is 10.4. The maximum absolute atomic E-state index is 13.5. The first-order valence-electron chi connectivity index (χ1n) is 11.5. The number of rotatable bonds is 7. The van der Waals surface area contributed by atoms with Crippen molar-refractivity contribution >= 4 is 33.2 Å². The van der Waals surface area contributed by atoms with Gasteiger partial charge in [0.15, 0.2) is 15.7 Å². The van der Waals surface area contributed by atoms with E-state index < -0.39 is 45.4 Å². The van der Waals surface area contributed by atoms with Crippen LogP contribution in [0.5, 0.6) is 0 Å². The number of fused-ring (bicyclic) bond motifs is 1. The first-order chi connectivity index (χ1) is 16.7. The molecule has 3 aromatic heterocycles. The van der Waals surface area contributed by atoms with Crippen LogP contribution in [0.1, 0.15) is 40.3 Å². The summed E-state index contributed by atoms with van der Waals surface area (Å²) < 4.78 is 74.3. The van der Waals surface area contributed by atoms with Gasteiger partial charge in [-0.05, 0) is 45.3 Å². The molecule has 0 fully saturated rings. The summed E-state index contributed by atoms with van der Waals surface area (Å²) in [5.41, 5.74) is -4.37. The minimum atomic E-state index is -4.79. The van der Waals surface area contributed by atoms with Gasteiger partial charge in [-0.1, -0.05) is 13.7 Å². The van der Waals surface area contributed by atoms with Crippen molar-refractivity contribution in [1.29, 1.82) is 0 Å². The zero-order valence-electron chi connectivity index (χ0n) is 21.9. The lowest BCUT2D eigenvalue weighted by molar-refractivity contribution is -0.143. The first-order valence-corrected chi connectivity index (χ1v) is 13.1. The molecule has 0 spiro atoms. The Bertz CT molecular complexity index is 1520. The summed E-state index contributed by atoms with van der Waals surface area (Å²) in [7, 11) is -1.47. The normalized spacial score (nSPS) is 13.4. The van der Waals surface area contributed by atoms with Gasteiger partial charge >= 0.3 is 13.1 Å². The Morgan fingerprint density at radius 3 is 2.22 bits per heavy atom. The van der Waals surface area contributed by atoms with Crippen molar-refractivity contribution in [3.05, 3.63) is 34.4 Å². The average Bonchev–Trinajstić information content (AvgIpc) is 3.10. The molecule has 202 valence electrons. The number of nitrogens with zero attached hydrogens (tertiary/aromatic N) is 4. The smallest absolute Gasteiger partial charge is 0.423 e. The van der Waals surface area contributed by atoms with Crippen molar-refractivity contribution in [3.63, 3.8) is 0 Å². The summed E-state index contributed by atoms with van der Waals surface area (Å²) >= 11 is 0. The van der Waals surface area contributed by atoms with Crippen LogP contribution in [0, 0.1) is 0 Å². The van der Waals surface area contributed by atoms with Crippen molar-refractivity contribution in [2.75, 3.05) is 5.75 Å². The van der Waals surface area contributed by atoms with E-state index >= 15 is 0 Å². The van der Waals surface area contributed by atoms with Gasteiger partial charge in [0, 0.05) is 20.3 Å². The predicted octanol–water partition coefficient (Wildman–Crippen LogP) is 2.54. The van der Waals surface area contributed by atoms with Gasteiger partial charge in [0.1, 0.15) is 16.9 Å². The number of aromatic nitrogens is 4. The SMILES string of the molecule is CCS(=O)(=O)c1cc(B(C)OC(C)(C)C(C)(C)O)cnc1-c1nc2cc(C(F)(F)F)n(C)c(=O)c2n1C. The summed E-state index contributed by atoms with van der Waals surface area (Å²) in [6.45, 7) is 9.04. The van der Waals surface area contributed by atoms with Crippen LogP contribution in [0.25, 0.3) is 22.6 Å². The number of sulfone groups is 1. The van der Waals surface area contributed by atoms with E-state index in [4.69, 9.17) is 4.65 Å². The van der Waals surface area contributed by atoms with E-state index in [1.807, 2.05) is 0 Å². The Labute approximate surface area is 213 Å². The number of hydrogen-bond acceptors (Lipinski definition) is 7. The third-order valence-corrected chi connectivity index (χ3v) is 8.51. The predicted molar refractivity (Wildman–Crippen MR) is 135 cm³/mol. The molecule has 0 atom stereocenters. The number of hydrogen-bond donors (Lipinski definition) is 1. The molecule has 14 heteroatoms. The molecule has 3 aromatic rings. The number of alkyl halides is 3. The molecule has 9 nitrogen and oxygen atoms in total. The molecule has 0 aliphatic heterocycles. The van der Waals surface area contributed by atoms with E-state index in [9.17, 15) is 31.5 Å². The minimum absolute atomic E-state index is 0.0737. The van der Waals surface area contributed by atoms with Crippen molar-refractivity contribution in [2.45, 2.75) is 63.7 Å². The minimum Gasteiger partial charge on any atom is -0.423 e. The number of halogens is 3. The largest absolute Gasteiger partial charge is 0.431 e. The Balaban J connectivity index is 2.25. The van der Waals surface area contributed by atoms with Crippen molar-refractivity contribution in [2.24, 2.45) is 14.1 Å². The summed E-state index contributed by atoms with van der Waals surface area (Å²) in [5.74, 6) is -0.352. The maximum Gasteiger partial charge on any atom is 0.431 e. The monoisotopic (exact) mass is 542 g/mol. The highest BCUT2D eigenvalue weighted by Crippen LogP contribution is 2.32. The molecule has 37 heavy (non-hydrogen) atoms. The van der Waals surface area contributed by atoms with Crippen LogP contribution in [0.15, 0.2) is 28.0 Å². The van der Waals surface area contributed by atoms with Crippen molar-refractivity contribution in [3.8, 4) is 11.5 Å². The Kier molecular flexibility index (Phi) is 7.21. The molecule has 0 saturated carbocycles. The fraction of sp³-hybridized carbons (Fsp3) is 0.522. The van der Waals surface area contributed by atoms with Gasteiger partial charge in [0.2, 0.25) is 0 Å². The van der Waals surface area contributed by atoms with Gasteiger partial charge in [-0.15, -0.1) is 0 Å². The third-order valence-electron chi connectivity index (χ3n) is 6.77. The topological polar surface area (TPSA) is 116 Å². The molecule has 3 heterocycles. The molecule has 0 amide bonds. The van der Waals surface area contributed by atoms with Crippen LogP contribution in [-0.2, 0) is 34.8 Å². The number of aryl methyl sites for hydroxylation is 1. The lowest BCUT2D eigenvalue weighted by Crippen LogP contribution is -2.52. The Hall–Kier alpha value is -2.71. The molecule has 0 aliphatic carbocycles.